The van der Waals surface area contributed by atoms with Crippen molar-refractivity contribution in [3.05, 3.63) is 16.7 Å². The lowest BCUT2D eigenvalue weighted by molar-refractivity contribution is -0.00559. The lowest BCUT2D eigenvalue weighted by Gasteiger charge is -2.36. The van der Waals surface area contributed by atoms with Crippen LogP contribution in [0.4, 0.5) is 5.82 Å². The van der Waals surface area contributed by atoms with E-state index in [4.69, 9.17) is 9.47 Å². The van der Waals surface area contributed by atoms with Crippen LogP contribution >= 0.6 is 0 Å². The molecule has 0 unspecified atom stereocenters. The summed E-state index contributed by atoms with van der Waals surface area (Å²) in [6.45, 7) is 5.42. The zero-order chi connectivity index (χ0) is 12.4. The van der Waals surface area contributed by atoms with E-state index in [2.05, 4.69) is 9.97 Å². The minimum Gasteiger partial charge on any atom is -0.489 e. The van der Waals surface area contributed by atoms with Gasteiger partial charge in [0.15, 0.2) is 5.82 Å². The van der Waals surface area contributed by atoms with Crippen molar-refractivity contribution in [1.29, 1.82) is 0 Å². The molecule has 94 valence electrons. The molecule has 1 aromatic rings. The Labute approximate surface area is 99.6 Å². The van der Waals surface area contributed by atoms with E-state index in [1.807, 2.05) is 18.7 Å². The van der Waals surface area contributed by atoms with Gasteiger partial charge >= 0.3 is 0 Å². The van der Waals surface area contributed by atoms with Crippen LogP contribution in [0.1, 0.15) is 13.8 Å². The molecule has 1 aliphatic rings. The highest BCUT2D eigenvalue weighted by molar-refractivity contribution is 5.51. The zero-order valence-corrected chi connectivity index (χ0v) is 10.3. The van der Waals surface area contributed by atoms with Crippen LogP contribution in [0.5, 0.6) is 5.75 Å². The van der Waals surface area contributed by atoms with E-state index in [-0.39, 0.29) is 23.5 Å². The average molecular weight is 239 g/mol. The Morgan fingerprint density at radius 1 is 1.47 bits per heavy atom. The van der Waals surface area contributed by atoms with Crippen LogP contribution in [-0.4, -0.2) is 42.4 Å². The number of ether oxygens (including phenoxy) is 2. The SMILES string of the molecule is COc1c(N2C[C@@H](C)O[C@@H](C)C2)nc[nH]c1=O. The van der Waals surface area contributed by atoms with Crippen LogP contribution < -0.4 is 15.2 Å². The third-order valence-electron chi connectivity index (χ3n) is 2.72. The molecule has 1 saturated heterocycles. The third-order valence-corrected chi connectivity index (χ3v) is 2.72. The van der Waals surface area contributed by atoms with Crippen LogP contribution in [0, 0.1) is 0 Å². The van der Waals surface area contributed by atoms with E-state index in [1.165, 1.54) is 13.4 Å². The van der Waals surface area contributed by atoms with Crippen molar-refractivity contribution in [2.24, 2.45) is 0 Å². The Morgan fingerprint density at radius 2 is 2.12 bits per heavy atom. The summed E-state index contributed by atoms with van der Waals surface area (Å²) in [6.07, 6.45) is 1.62. The van der Waals surface area contributed by atoms with Crippen LogP contribution in [0.25, 0.3) is 0 Å². The van der Waals surface area contributed by atoms with Gasteiger partial charge in [0.05, 0.1) is 25.6 Å². The lowest BCUT2D eigenvalue weighted by Crippen LogP contribution is -2.46. The molecule has 6 heteroatoms. The molecule has 1 fully saturated rings. The number of nitrogens with zero attached hydrogens (tertiary/aromatic N) is 2. The monoisotopic (exact) mass is 239 g/mol. The Morgan fingerprint density at radius 3 is 2.71 bits per heavy atom. The number of H-pyrrole nitrogens is 1. The number of aromatic amines is 1. The summed E-state index contributed by atoms with van der Waals surface area (Å²) in [5, 5.41) is 0. The number of methoxy groups -OCH3 is 1. The minimum absolute atomic E-state index is 0.115. The molecule has 1 aliphatic heterocycles. The number of hydrogen-bond acceptors (Lipinski definition) is 5. The second-order valence-electron chi connectivity index (χ2n) is 4.25. The van der Waals surface area contributed by atoms with Crippen molar-refractivity contribution in [3.63, 3.8) is 0 Å². The summed E-state index contributed by atoms with van der Waals surface area (Å²) in [5.74, 6) is 0.840. The van der Waals surface area contributed by atoms with Crippen molar-refractivity contribution in [1.82, 2.24) is 9.97 Å². The highest BCUT2D eigenvalue weighted by atomic mass is 16.5. The largest absolute Gasteiger partial charge is 0.489 e. The molecule has 0 saturated carbocycles. The van der Waals surface area contributed by atoms with Crippen molar-refractivity contribution >= 4 is 5.82 Å². The topological polar surface area (TPSA) is 67.5 Å². The maximum atomic E-state index is 11.6. The molecular weight excluding hydrogens is 222 g/mol. The summed E-state index contributed by atoms with van der Waals surface area (Å²) in [5.41, 5.74) is -0.260. The van der Waals surface area contributed by atoms with Crippen LogP contribution in [0.3, 0.4) is 0 Å². The van der Waals surface area contributed by atoms with E-state index >= 15 is 0 Å². The van der Waals surface area contributed by atoms with Crippen LogP contribution in [-0.2, 0) is 4.74 Å². The zero-order valence-electron chi connectivity index (χ0n) is 10.3. The smallest absolute Gasteiger partial charge is 0.295 e. The van der Waals surface area contributed by atoms with Gasteiger partial charge in [-0.25, -0.2) is 4.98 Å². The van der Waals surface area contributed by atoms with E-state index in [9.17, 15) is 4.79 Å². The Balaban J connectivity index is 2.33. The fraction of sp³-hybridized carbons (Fsp3) is 0.636. The molecule has 0 aliphatic carbocycles. The first kappa shape index (κ1) is 11.9. The van der Waals surface area contributed by atoms with Gasteiger partial charge in [0.25, 0.3) is 5.56 Å². The predicted octanol–water partition coefficient (Wildman–Crippen LogP) is 0.392. The molecule has 1 aromatic heterocycles. The summed E-state index contributed by atoms with van der Waals surface area (Å²) >= 11 is 0. The minimum atomic E-state index is -0.260. The van der Waals surface area contributed by atoms with E-state index in [1.54, 1.807) is 0 Å². The van der Waals surface area contributed by atoms with Crippen LogP contribution in [0.15, 0.2) is 11.1 Å². The average Bonchev–Trinajstić information content (AvgIpc) is 2.27. The number of rotatable bonds is 2. The summed E-state index contributed by atoms with van der Waals surface area (Å²) < 4.78 is 10.8. The van der Waals surface area contributed by atoms with Gasteiger partial charge in [0.2, 0.25) is 5.75 Å². The normalized spacial score (nSPS) is 24.8. The quantitative estimate of drug-likeness (QED) is 0.808. The molecule has 17 heavy (non-hydrogen) atoms. The second-order valence-corrected chi connectivity index (χ2v) is 4.25. The number of aromatic nitrogens is 2. The molecule has 2 rings (SSSR count). The van der Waals surface area contributed by atoms with Gasteiger partial charge in [-0.1, -0.05) is 0 Å². The molecule has 0 amide bonds. The number of hydrogen-bond donors (Lipinski definition) is 1. The highest BCUT2D eigenvalue weighted by Crippen LogP contribution is 2.24. The molecule has 2 heterocycles. The molecule has 1 N–H and O–H groups in total. The van der Waals surface area contributed by atoms with Crippen molar-refractivity contribution < 1.29 is 9.47 Å². The molecule has 0 bridgehead atoms. The van der Waals surface area contributed by atoms with Gasteiger partial charge in [-0.05, 0) is 13.8 Å². The van der Waals surface area contributed by atoms with Crippen molar-refractivity contribution in [3.8, 4) is 5.75 Å². The Bertz CT molecular complexity index is 436. The summed E-state index contributed by atoms with van der Waals surface area (Å²) in [6, 6.07) is 0. The standard InChI is InChI=1S/C11H17N3O3/c1-7-4-14(5-8(2)17-7)10-9(16-3)11(15)13-6-12-10/h6-8H,4-5H2,1-3H3,(H,12,13,15)/t7-,8+. The first-order valence-corrected chi connectivity index (χ1v) is 5.64. The first-order chi connectivity index (χ1) is 8.11. The van der Waals surface area contributed by atoms with E-state index in [0.717, 1.165) is 0 Å². The van der Waals surface area contributed by atoms with E-state index < -0.39 is 0 Å². The Hall–Kier alpha value is -1.56. The van der Waals surface area contributed by atoms with Gasteiger partial charge in [-0.2, -0.15) is 0 Å². The molecule has 2 atom stereocenters. The van der Waals surface area contributed by atoms with Gasteiger partial charge in [0, 0.05) is 13.1 Å². The molecule has 0 spiro atoms. The first-order valence-electron chi connectivity index (χ1n) is 5.64. The predicted molar refractivity (Wildman–Crippen MR) is 63.6 cm³/mol. The fourth-order valence-corrected chi connectivity index (χ4v) is 2.14. The molecular formula is C11H17N3O3. The number of anilines is 1. The molecule has 0 radical (unpaired) electrons. The summed E-state index contributed by atoms with van der Waals surface area (Å²) in [7, 11) is 1.48. The molecule has 0 aromatic carbocycles. The maximum Gasteiger partial charge on any atom is 0.295 e. The second kappa shape index (κ2) is 4.75. The lowest BCUT2D eigenvalue weighted by atomic mass is 10.2. The van der Waals surface area contributed by atoms with E-state index in [0.29, 0.717) is 18.9 Å². The molecule has 6 nitrogen and oxygen atoms in total. The maximum absolute atomic E-state index is 11.6. The summed E-state index contributed by atoms with van der Waals surface area (Å²) in [4.78, 5) is 20.3. The Kier molecular flexibility index (Phi) is 3.33. The fourth-order valence-electron chi connectivity index (χ4n) is 2.14. The van der Waals surface area contributed by atoms with Gasteiger partial charge in [-0.3, -0.25) is 4.79 Å². The number of morpholine rings is 1. The number of nitrogens with one attached hydrogen (secondary N) is 1. The third kappa shape index (κ3) is 2.41. The van der Waals surface area contributed by atoms with Crippen molar-refractivity contribution in [2.75, 3.05) is 25.1 Å². The van der Waals surface area contributed by atoms with Crippen molar-refractivity contribution in [2.45, 2.75) is 26.1 Å². The van der Waals surface area contributed by atoms with Gasteiger partial charge < -0.3 is 19.4 Å². The van der Waals surface area contributed by atoms with Crippen LogP contribution in [0.2, 0.25) is 0 Å². The highest BCUT2D eigenvalue weighted by Gasteiger charge is 2.26. The van der Waals surface area contributed by atoms with Gasteiger partial charge in [-0.15, -0.1) is 0 Å². The van der Waals surface area contributed by atoms with Gasteiger partial charge in [0.1, 0.15) is 0 Å².